The zero-order valence-electron chi connectivity index (χ0n) is 9.33. The van der Waals surface area contributed by atoms with E-state index in [2.05, 4.69) is 10.1 Å². The first-order valence-corrected chi connectivity index (χ1v) is 4.81. The summed E-state index contributed by atoms with van der Waals surface area (Å²) in [5.74, 6) is -1.34. The molecule has 0 unspecified atom stereocenters. The van der Waals surface area contributed by atoms with Crippen LogP contribution < -0.4 is 5.32 Å². The molecule has 0 saturated carbocycles. The Labute approximate surface area is 89.2 Å². The molecule has 0 saturated heterocycles. The first kappa shape index (κ1) is 13.8. The third-order valence-corrected chi connectivity index (χ3v) is 2.15. The maximum atomic E-state index is 11.0. The zero-order valence-corrected chi connectivity index (χ0v) is 9.33. The first-order chi connectivity index (χ1) is 7.02. The van der Waals surface area contributed by atoms with Gasteiger partial charge in [0.1, 0.15) is 5.78 Å². The predicted molar refractivity (Wildman–Crippen MR) is 54.4 cm³/mol. The van der Waals surface area contributed by atoms with Crippen LogP contribution in [-0.2, 0) is 19.1 Å². The van der Waals surface area contributed by atoms with Gasteiger partial charge in [-0.1, -0.05) is 0 Å². The average Bonchev–Trinajstić information content (AvgIpc) is 2.22. The first-order valence-electron chi connectivity index (χ1n) is 4.81. The van der Waals surface area contributed by atoms with Gasteiger partial charge in [-0.3, -0.25) is 9.59 Å². The topological polar surface area (TPSA) is 72.5 Å². The highest BCUT2D eigenvalue weighted by molar-refractivity contribution is 6.33. The highest BCUT2D eigenvalue weighted by atomic mass is 16.5. The number of rotatable bonds is 7. The Morgan fingerprint density at radius 2 is 1.93 bits per heavy atom. The van der Waals surface area contributed by atoms with Crippen LogP contribution in [0.4, 0.5) is 0 Å². The van der Waals surface area contributed by atoms with Gasteiger partial charge in [0, 0.05) is 6.42 Å². The Kier molecular flexibility index (Phi) is 6.53. The molecule has 5 nitrogen and oxygen atoms in total. The van der Waals surface area contributed by atoms with Crippen molar-refractivity contribution in [1.82, 2.24) is 5.32 Å². The summed E-state index contributed by atoms with van der Waals surface area (Å²) in [6.07, 6.45) is 1.17. The minimum atomic E-state index is -0.821. The Hall–Kier alpha value is -1.23. The minimum absolute atomic E-state index is 0.0306. The molecular formula is C10H17NO4. The number of Topliss-reactive ketones (excluding diaryl/α,β-unsaturated/α-hetero) is 2. The highest BCUT2D eigenvalue weighted by Crippen LogP contribution is 2.03. The summed E-state index contributed by atoms with van der Waals surface area (Å²) in [6.45, 7) is 1.49. The number of hydrogen-bond donors (Lipinski definition) is 1. The Balaban J connectivity index is 3.83. The van der Waals surface area contributed by atoms with Gasteiger partial charge in [0.25, 0.3) is 0 Å². The molecule has 0 amide bonds. The van der Waals surface area contributed by atoms with Crippen LogP contribution >= 0.6 is 0 Å². The lowest BCUT2D eigenvalue weighted by Crippen LogP contribution is -2.32. The molecule has 0 bridgehead atoms. The molecule has 1 atom stereocenters. The van der Waals surface area contributed by atoms with Crippen LogP contribution in [0.5, 0.6) is 0 Å². The van der Waals surface area contributed by atoms with E-state index in [1.807, 2.05) is 0 Å². The molecule has 5 heteroatoms. The van der Waals surface area contributed by atoms with Crippen LogP contribution in [0.25, 0.3) is 0 Å². The lowest BCUT2D eigenvalue weighted by atomic mass is 10.1. The second-order valence-corrected chi connectivity index (χ2v) is 3.26. The maximum Gasteiger partial charge on any atom is 0.374 e. The van der Waals surface area contributed by atoms with Crippen LogP contribution in [0.3, 0.4) is 0 Å². The second kappa shape index (κ2) is 7.11. The summed E-state index contributed by atoms with van der Waals surface area (Å²) >= 11 is 0. The van der Waals surface area contributed by atoms with Crippen molar-refractivity contribution in [2.45, 2.75) is 32.2 Å². The number of ether oxygens (including phenoxy) is 1. The molecule has 0 aromatic heterocycles. The van der Waals surface area contributed by atoms with E-state index >= 15 is 0 Å². The fourth-order valence-corrected chi connectivity index (χ4v) is 1.23. The fraction of sp³-hybridized carbons (Fsp3) is 0.700. The molecule has 0 rings (SSSR count). The van der Waals surface area contributed by atoms with E-state index in [1.165, 1.54) is 14.0 Å². The van der Waals surface area contributed by atoms with Gasteiger partial charge in [-0.25, -0.2) is 4.79 Å². The molecule has 0 aliphatic rings. The van der Waals surface area contributed by atoms with Gasteiger partial charge in [-0.2, -0.15) is 0 Å². The summed E-state index contributed by atoms with van der Waals surface area (Å²) in [6, 6.07) is -0.240. The predicted octanol–water partition coefficient (Wildman–Crippen LogP) is 0.0758. The molecule has 15 heavy (non-hydrogen) atoms. The smallest absolute Gasteiger partial charge is 0.374 e. The third-order valence-electron chi connectivity index (χ3n) is 2.15. The number of ketones is 2. The molecule has 0 fully saturated rings. The van der Waals surface area contributed by atoms with Gasteiger partial charge in [-0.05, 0) is 26.8 Å². The summed E-state index contributed by atoms with van der Waals surface area (Å²) in [5, 5.41) is 2.84. The van der Waals surface area contributed by atoms with E-state index < -0.39 is 11.8 Å². The number of hydrogen-bond acceptors (Lipinski definition) is 5. The lowest BCUT2D eigenvalue weighted by Gasteiger charge is -2.11. The monoisotopic (exact) mass is 215 g/mol. The number of nitrogens with one attached hydrogen (secondary N) is 1. The van der Waals surface area contributed by atoms with Crippen molar-refractivity contribution < 1.29 is 19.1 Å². The van der Waals surface area contributed by atoms with Gasteiger partial charge in [0.2, 0.25) is 5.78 Å². The average molecular weight is 215 g/mol. The Morgan fingerprint density at radius 3 is 2.33 bits per heavy atom. The quantitative estimate of drug-likeness (QED) is 0.481. The minimum Gasteiger partial charge on any atom is -0.463 e. The van der Waals surface area contributed by atoms with Crippen LogP contribution in [0, 0.1) is 0 Å². The van der Waals surface area contributed by atoms with Crippen molar-refractivity contribution in [1.29, 1.82) is 0 Å². The van der Waals surface area contributed by atoms with Crippen LogP contribution in [-0.4, -0.2) is 37.7 Å². The van der Waals surface area contributed by atoms with Crippen molar-refractivity contribution in [3.63, 3.8) is 0 Å². The molecule has 0 aromatic carbocycles. The second-order valence-electron chi connectivity index (χ2n) is 3.26. The van der Waals surface area contributed by atoms with Gasteiger partial charge in [0.15, 0.2) is 0 Å². The van der Waals surface area contributed by atoms with E-state index in [1.54, 1.807) is 7.05 Å². The molecule has 0 aromatic rings. The van der Waals surface area contributed by atoms with Crippen molar-refractivity contribution in [2.24, 2.45) is 0 Å². The van der Waals surface area contributed by atoms with E-state index in [0.717, 1.165) is 0 Å². The molecule has 0 spiro atoms. The number of carbonyl (C=O) groups excluding carboxylic acids is 3. The maximum absolute atomic E-state index is 11.0. The van der Waals surface area contributed by atoms with Crippen LogP contribution in [0.2, 0.25) is 0 Å². The number of likely N-dealkylation sites (N-methyl/N-ethyl adjacent to an activating group) is 1. The molecule has 0 aliphatic heterocycles. The lowest BCUT2D eigenvalue weighted by molar-refractivity contribution is -0.151. The molecule has 0 heterocycles. The normalized spacial score (nSPS) is 11.9. The SMILES string of the molecule is CN[C@@H](CCCC(=O)C(=O)OC)C(C)=O. The third kappa shape index (κ3) is 5.27. The van der Waals surface area contributed by atoms with Gasteiger partial charge in [-0.15, -0.1) is 0 Å². The fourth-order valence-electron chi connectivity index (χ4n) is 1.23. The van der Waals surface area contributed by atoms with Gasteiger partial charge in [0.05, 0.1) is 13.2 Å². The molecule has 0 aliphatic carbocycles. The van der Waals surface area contributed by atoms with Crippen molar-refractivity contribution in [2.75, 3.05) is 14.2 Å². The largest absolute Gasteiger partial charge is 0.463 e. The summed E-state index contributed by atoms with van der Waals surface area (Å²) in [7, 11) is 2.86. The summed E-state index contributed by atoms with van der Waals surface area (Å²) in [5.41, 5.74) is 0. The summed E-state index contributed by atoms with van der Waals surface area (Å²) in [4.78, 5) is 32.8. The van der Waals surface area contributed by atoms with Crippen molar-refractivity contribution in [3.8, 4) is 0 Å². The van der Waals surface area contributed by atoms with Gasteiger partial charge < -0.3 is 10.1 Å². The molecule has 86 valence electrons. The number of esters is 1. The van der Waals surface area contributed by atoms with Crippen LogP contribution in [0.1, 0.15) is 26.2 Å². The van der Waals surface area contributed by atoms with Crippen molar-refractivity contribution >= 4 is 17.5 Å². The Bertz CT molecular complexity index is 250. The standard InChI is InChI=1S/C10H17NO4/c1-7(12)8(11-2)5-4-6-9(13)10(14)15-3/h8,11H,4-6H2,1-3H3/t8-/m0/s1. The molecular weight excluding hydrogens is 198 g/mol. The Morgan fingerprint density at radius 1 is 1.33 bits per heavy atom. The number of carbonyl (C=O) groups is 3. The summed E-state index contributed by atoms with van der Waals surface area (Å²) < 4.78 is 4.27. The zero-order chi connectivity index (χ0) is 11.8. The van der Waals surface area contributed by atoms with E-state index in [4.69, 9.17) is 0 Å². The van der Waals surface area contributed by atoms with E-state index in [0.29, 0.717) is 12.8 Å². The van der Waals surface area contributed by atoms with Gasteiger partial charge >= 0.3 is 5.97 Å². The van der Waals surface area contributed by atoms with E-state index in [-0.39, 0.29) is 18.2 Å². The van der Waals surface area contributed by atoms with E-state index in [9.17, 15) is 14.4 Å². The van der Waals surface area contributed by atoms with Crippen molar-refractivity contribution in [3.05, 3.63) is 0 Å². The molecule has 0 radical (unpaired) electrons. The molecule has 1 N–H and O–H groups in total. The van der Waals surface area contributed by atoms with Crippen LogP contribution in [0.15, 0.2) is 0 Å². The number of methoxy groups -OCH3 is 1. The highest BCUT2D eigenvalue weighted by Gasteiger charge is 2.16.